The minimum atomic E-state index is -4.05. The van der Waals surface area contributed by atoms with Crippen molar-refractivity contribution in [1.82, 2.24) is 9.77 Å². The van der Waals surface area contributed by atoms with E-state index >= 15 is 0 Å². The molecule has 0 aromatic carbocycles. The SMILES string of the molecule is O=S(=O)(NO)NO. The third-order valence-corrected chi connectivity index (χ3v) is 0.721. The van der Waals surface area contributed by atoms with Crippen LogP contribution in [0.5, 0.6) is 0 Å². The molecule has 0 amide bonds. The van der Waals surface area contributed by atoms with Crippen LogP contribution in [0.25, 0.3) is 0 Å². The minimum Gasteiger partial charge on any atom is -0.301 e. The van der Waals surface area contributed by atoms with Crippen molar-refractivity contribution in [1.29, 1.82) is 0 Å². The predicted molar refractivity (Wildman–Crippen MR) is 18.8 cm³/mol. The highest BCUT2D eigenvalue weighted by Gasteiger charge is 2.00. The van der Waals surface area contributed by atoms with Crippen molar-refractivity contribution >= 4 is 10.2 Å². The maximum absolute atomic E-state index is 9.65. The molecule has 0 aliphatic heterocycles. The second-order valence-corrected chi connectivity index (χ2v) is 2.06. The van der Waals surface area contributed by atoms with E-state index < -0.39 is 10.2 Å². The summed E-state index contributed by atoms with van der Waals surface area (Å²) >= 11 is 0. The van der Waals surface area contributed by atoms with Crippen LogP contribution < -0.4 is 9.77 Å². The molecule has 0 aromatic rings. The van der Waals surface area contributed by atoms with Crippen LogP contribution in [0, 0.1) is 0 Å². The molecule has 0 spiro atoms. The van der Waals surface area contributed by atoms with Gasteiger partial charge >= 0.3 is 10.2 Å². The highest BCUT2D eigenvalue weighted by Crippen LogP contribution is 1.62. The van der Waals surface area contributed by atoms with Crippen molar-refractivity contribution in [2.24, 2.45) is 0 Å². The summed E-state index contributed by atoms with van der Waals surface area (Å²) in [6.45, 7) is 0. The Hall–Kier alpha value is -0.210. The monoisotopic (exact) mass is 128 g/mol. The van der Waals surface area contributed by atoms with Crippen LogP contribution >= 0.6 is 0 Å². The summed E-state index contributed by atoms with van der Waals surface area (Å²) in [4.78, 5) is 1.60. The maximum Gasteiger partial charge on any atom is 0.320 e. The summed E-state index contributed by atoms with van der Waals surface area (Å²) < 4.78 is 19.3. The average molecular weight is 128 g/mol. The van der Waals surface area contributed by atoms with Gasteiger partial charge in [-0.05, 0) is 0 Å². The normalized spacial score (nSPS) is 11.7. The van der Waals surface area contributed by atoms with Crippen molar-refractivity contribution in [3.63, 3.8) is 0 Å². The number of rotatable bonds is 2. The zero-order valence-corrected chi connectivity index (χ0v) is 3.94. The molecule has 0 aliphatic rings. The van der Waals surface area contributed by atoms with E-state index in [1.54, 1.807) is 0 Å². The quantitative estimate of drug-likeness (QED) is 0.329. The van der Waals surface area contributed by atoms with Crippen molar-refractivity contribution in [2.75, 3.05) is 0 Å². The molecule has 0 saturated carbocycles. The lowest BCUT2D eigenvalue weighted by Gasteiger charge is -1.91. The number of nitrogens with one attached hydrogen (secondary N) is 2. The molecule has 7 heavy (non-hydrogen) atoms. The second kappa shape index (κ2) is 2.19. The first-order chi connectivity index (χ1) is 3.12. The van der Waals surface area contributed by atoms with Gasteiger partial charge in [0.25, 0.3) is 0 Å². The molecule has 0 aliphatic carbocycles. The average Bonchev–Trinajstić information content (AvgIpc) is 1.68. The molecule has 0 rings (SSSR count). The Bertz CT molecular complexity index is 113. The van der Waals surface area contributed by atoms with E-state index in [4.69, 9.17) is 10.4 Å². The molecule has 4 N–H and O–H groups in total. The molecule has 0 bridgehead atoms. The van der Waals surface area contributed by atoms with Crippen molar-refractivity contribution in [3.05, 3.63) is 0 Å². The zero-order chi connectivity index (χ0) is 5.91. The summed E-state index contributed by atoms with van der Waals surface area (Å²) in [7, 11) is -4.05. The largest absolute Gasteiger partial charge is 0.320 e. The van der Waals surface area contributed by atoms with Gasteiger partial charge in [0.1, 0.15) is 0 Å². The van der Waals surface area contributed by atoms with Crippen molar-refractivity contribution in [2.45, 2.75) is 0 Å². The fourth-order valence-electron chi connectivity index (χ4n) is 0.0204. The van der Waals surface area contributed by atoms with Gasteiger partial charge < -0.3 is 10.4 Å². The molecular formula is H4N2O4S. The van der Waals surface area contributed by atoms with Gasteiger partial charge in [-0.15, -0.1) is 0 Å². The van der Waals surface area contributed by atoms with Crippen LogP contribution in [0.15, 0.2) is 0 Å². The summed E-state index contributed by atoms with van der Waals surface area (Å²) in [6, 6.07) is 0. The van der Waals surface area contributed by atoms with Crippen LogP contribution in [0.2, 0.25) is 0 Å². The van der Waals surface area contributed by atoms with Gasteiger partial charge in [-0.1, -0.05) is 9.77 Å². The van der Waals surface area contributed by atoms with Crippen LogP contribution in [0.3, 0.4) is 0 Å². The topological polar surface area (TPSA) is 98.7 Å². The van der Waals surface area contributed by atoms with E-state index in [1.165, 1.54) is 0 Å². The summed E-state index contributed by atoms with van der Waals surface area (Å²) in [6.07, 6.45) is 0. The molecule has 0 unspecified atom stereocenters. The molecule has 6 nitrogen and oxygen atoms in total. The fraction of sp³-hybridized carbons (Fsp3) is 0. The lowest BCUT2D eigenvalue weighted by Crippen LogP contribution is -2.31. The van der Waals surface area contributed by atoms with Gasteiger partial charge in [-0.2, -0.15) is 8.42 Å². The minimum absolute atomic E-state index is 0.802. The van der Waals surface area contributed by atoms with Gasteiger partial charge in [0.2, 0.25) is 0 Å². The first-order valence-electron chi connectivity index (χ1n) is 1.19. The predicted octanol–water partition coefficient (Wildman–Crippen LogP) is -1.81. The van der Waals surface area contributed by atoms with Crippen molar-refractivity contribution < 1.29 is 18.8 Å². The number of hydrogen-bond donors (Lipinski definition) is 4. The number of hydrogen-bond acceptors (Lipinski definition) is 4. The van der Waals surface area contributed by atoms with Crippen LogP contribution in [0.4, 0.5) is 0 Å². The van der Waals surface area contributed by atoms with E-state index in [0.29, 0.717) is 0 Å². The molecule has 0 radical (unpaired) electrons. The molecule has 44 valence electrons. The van der Waals surface area contributed by atoms with Gasteiger partial charge in [-0.3, -0.25) is 0 Å². The maximum atomic E-state index is 9.65. The molecular weight excluding hydrogens is 124 g/mol. The van der Waals surface area contributed by atoms with E-state index in [-0.39, 0.29) is 0 Å². The summed E-state index contributed by atoms with van der Waals surface area (Å²) in [5.74, 6) is 0. The van der Waals surface area contributed by atoms with Crippen LogP contribution in [0.1, 0.15) is 0 Å². The van der Waals surface area contributed by atoms with Gasteiger partial charge in [-0.25, -0.2) is 0 Å². The van der Waals surface area contributed by atoms with Gasteiger partial charge in [0.15, 0.2) is 0 Å². The van der Waals surface area contributed by atoms with E-state index in [9.17, 15) is 8.42 Å². The smallest absolute Gasteiger partial charge is 0.301 e. The van der Waals surface area contributed by atoms with Gasteiger partial charge in [0, 0.05) is 0 Å². The first kappa shape index (κ1) is 6.79. The lowest BCUT2D eigenvalue weighted by molar-refractivity contribution is 0.201. The Morgan fingerprint density at radius 2 is 1.43 bits per heavy atom. The lowest BCUT2D eigenvalue weighted by atomic mass is 13.5. The highest BCUT2D eigenvalue weighted by molar-refractivity contribution is 7.87. The van der Waals surface area contributed by atoms with E-state index in [1.807, 2.05) is 0 Å². The third kappa shape index (κ3) is 2.48. The first-order valence-corrected chi connectivity index (χ1v) is 2.67. The van der Waals surface area contributed by atoms with Crippen LogP contribution in [-0.4, -0.2) is 18.8 Å². The molecule has 0 atom stereocenters. The molecule has 0 fully saturated rings. The second-order valence-electron chi connectivity index (χ2n) is 0.686. The van der Waals surface area contributed by atoms with E-state index in [0.717, 1.165) is 9.77 Å². The third-order valence-electron chi connectivity index (χ3n) is 0.240. The molecule has 7 heteroatoms. The zero-order valence-electron chi connectivity index (χ0n) is 3.12. The Balaban J connectivity index is 3.89. The fourth-order valence-corrected chi connectivity index (χ4v) is 0.0612. The van der Waals surface area contributed by atoms with Crippen molar-refractivity contribution in [3.8, 4) is 0 Å². The highest BCUT2D eigenvalue weighted by atomic mass is 32.2. The molecule has 0 saturated heterocycles. The van der Waals surface area contributed by atoms with Gasteiger partial charge in [0.05, 0.1) is 0 Å². The Kier molecular flexibility index (Phi) is 2.12. The molecule has 0 heterocycles. The Labute approximate surface area is 39.9 Å². The summed E-state index contributed by atoms with van der Waals surface area (Å²) in [5, 5.41) is 15.1. The van der Waals surface area contributed by atoms with Crippen LogP contribution in [-0.2, 0) is 10.2 Å². The Morgan fingerprint density at radius 3 is 1.43 bits per heavy atom. The standard InChI is InChI=1S/H4N2O4S/c3-1-7(5,6)2-4/h1-4H. The summed E-state index contributed by atoms with van der Waals surface area (Å²) in [5.41, 5.74) is 0. The Morgan fingerprint density at radius 1 is 1.14 bits per heavy atom. The van der Waals surface area contributed by atoms with E-state index in [2.05, 4.69) is 0 Å². The molecule has 0 aromatic heterocycles.